The zero-order chi connectivity index (χ0) is 15.3. The van der Waals surface area contributed by atoms with Gasteiger partial charge in [0.05, 0.1) is 11.5 Å². The maximum absolute atomic E-state index is 12.0. The molecule has 0 radical (unpaired) electrons. The Balaban J connectivity index is 1.92. The first-order valence-electron chi connectivity index (χ1n) is 7.00. The average molecular weight is 304 g/mol. The molecule has 4 heteroatoms. The predicted octanol–water partition coefficient (Wildman–Crippen LogP) is 3.89. The van der Waals surface area contributed by atoms with Gasteiger partial charge in [0, 0.05) is 0 Å². The Labute approximate surface area is 126 Å². The SMILES string of the molecule is Cc1ccc(S(=O)(=O)OCCC(C)c2ccccc2)cc1. The van der Waals surface area contributed by atoms with Crippen LogP contribution in [-0.4, -0.2) is 15.0 Å². The van der Waals surface area contributed by atoms with Gasteiger partial charge in [-0.25, -0.2) is 0 Å². The molecule has 0 aliphatic carbocycles. The third kappa shape index (κ3) is 4.41. The zero-order valence-corrected chi connectivity index (χ0v) is 13.1. The van der Waals surface area contributed by atoms with E-state index < -0.39 is 10.1 Å². The molecule has 0 N–H and O–H groups in total. The van der Waals surface area contributed by atoms with Crippen LogP contribution in [0.2, 0.25) is 0 Å². The third-order valence-corrected chi connectivity index (χ3v) is 4.79. The summed E-state index contributed by atoms with van der Waals surface area (Å²) in [4.78, 5) is 0.209. The van der Waals surface area contributed by atoms with Crippen LogP contribution in [0.3, 0.4) is 0 Å². The molecule has 0 spiro atoms. The number of hydrogen-bond donors (Lipinski definition) is 0. The van der Waals surface area contributed by atoms with E-state index in [1.54, 1.807) is 24.3 Å². The van der Waals surface area contributed by atoms with Gasteiger partial charge in [-0.3, -0.25) is 4.18 Å². The number of benzene rings is 2. The summed E-state index contributed by atoms with van der Waals surface area (Å²) < 4.78 is 29.2. The molecule has 0 aliphatic heterocycles. The minimum Gasteiger partial charge on any atom is -0.266 e. The number of hydrogen-bond acceptors (Lipinski definition) is 3. The van der Waals surface area contributed by atoms with Crippen molar-refractivity contribution >= 4 is 10.1 Å². The lowest BCUT2D eigenvalue weighted by atomic mass is 9.99. The molecule has 2 aromatic rings. The van der Waals surface area contributed by atoms with Crippen LogP contribution >= 0.6 is 0 Å². The highest BCUT2D eigenvalue weighted by Gasteiger charge is 2.15. The smallest absolute Gasteiger partial charge is 0.266 e. The van der Waals surface area contributed by atoms with Gasteiger partial charge in [-0.15, -0.1) is 0 Å². The van der Waals surface area contributed by atoms with Crippen LogP contribution in [0.4, 0.5) is 0 Å². The molecule has 112 valence electrons. The highest BCUT2D eigenvalue weighted by Crippen LogP contribution is 2.20. The molecule has 0 aromatic heterocycles. The Morgan fingerprint density at radius 1 is 1.00 bits per heavy atom. The summed E-state index contributed by atoms with van der Waals surface area (Å²) in [6.45, 7) is 4.17. The summed E-state index contributed by atoms with van der Waals surface area (Å²) >= 11 is 0. The molecule has 2 rings (SSSR count). The van der Waals surface area contributed by atoms with Crippen molar-refractivity contribution in [1.29, 1.82) is 0 Å². The Bertz CT molecular complexity index is 661. The third-order valence-electron chi connectivity index (χ3n) is 3.47. The number of aryl methyl sites for hydroxylation is 1. The normalized spacial score (nSPS) is 13.0. The van der Waals surface area contributed by atoms with Crippen LogP contribution in [0.5, 0.6) is 0 Å². The molecule has 0 saturated heterocycles. The topological polar surface area (TPSA) is 43.4 Å². The average Bonchev–Trinajstić information content (AvgIpc) is 2.48. The molecule has 21 heavy (non-hydrogen) atoms. The van der Waals surface area contributed by atoms with E-state index in [9.17, 15) is 8.42 Å². The lowest BCUT2D eigenvalue weighted by Crippen LogP contribution is -2.09. The van der Waals surface area contributed by atoms with Crippen LogP contribution in [-0.2, 0) is 14.3 Å². The van der Waals surface area contributed by atoms with Gasteiger partial charge in [0.2, 0.25) is 0 Å². The summed E-state index contributed by atoms with van der Waals surface area (Å²) in [7, 11) is -3.65. The lowest BCUT2D eigenvalue weighted by Gasteiger charge is -2.12. The van der Waals surface area contributed by atoms with E-state index in [-0.39, 0.29) is 17.4 Å². The van der Waals surface area contributed by atoms with Gasteiger partial charge in [-0.1, -0.05) is 55.0 Å². The molecule has 0 bridgehead atoms. The Hall–Kier alpha value is -1.65. The van der Waals surface area contributed by atoms with Gasteiger partial charge >= 0.3 is 0 Å². The molecule has 0 saturated carbocycles. The Kier molecular flexibility index (Phi) is 5.15. The van der Waals surface area contributed by atoms with Crippen molar-refractivity contribution in [2.75, 3.05) is 6.61 Å². The molecular weight excluding hydrogens is 284 g/mol. The zero-order valence-electron chi connectivity index (χ0n) is 12.3. The van der Waals surface area contributed by atoms with E-state index in [4.69, 9.17) is 4.18 Å². The highest BCUT2D eigenvalue weighted by atomic mass is 32.2. The molecule has 1 atom stereocenters. The first-order valence-corrected chi connectivity index (χ1v) is 8.41. The second kappa shape index (κ2) is 6.87. The molecule has 2 aromatic carbocycles. The van der Waals surface area contributed by atoms with Gasteiger partial charge < -0.3 is 0 Å². The van der Waals surface area contributed by atoms with Gasteiger partial charge in [0.15, 0.2) is 0 Å². The van der Waals surface area contributed by atoms with Crippen molar-refractivity contribution in [1.82, 2.24) is 0 Å². The van der Waals surface area contributed by atoms with E-state index in [1.807, 2.05) is 37.3 Å². The van der Waals surface area contributed by atoms with Crippen molar-refractivity contribution < 1.29 is 12.6 Å². The van der Waals surface area contributed by atoms with Crippen molar-refractivity contribution in [2.45, 2.75) is 31.1 Å². The number of rotatable bonds is 6. The predicted molar refractivity (Wildman–Crippen MR) is 83.8 cm³/mol. The van der Waals surface area contributed by atoms with E-state index in [1.165, 1.54) is 5.56 Å². The van der Waals surface area contributed by atoms with Crippen LogP contribution < -0.4 is 0 Å². The first kappa shape index (κ1) is 15.7. The van der Waals surface area contributed by atoms with Gasteiger partial charge in [0.25, 0.3) is 10.1 Å². The minimum absolute atomic E-state index is 0.187. The van der Waals surface area contributed by atoms with Crippen molar-refractivity contribution in [3.8, 4) is 0 Å². The molecular formula is C17H20O3S. The maximum Gasteiger partial charge on any atom is 0.296 e. The van der Waals surface area contributed by atoms with Crippen LogP contribution in [0.25, 0.3) is 0 Å². The van der Waals surface area contributed by atoms with E-state index in [2.05, 4.69) is 6.92 Å². The fourth-order valence-electron chi connectivity index (χ4n) is 2.06. The standard InChI is InChI=1S/C17H20O3S/c1-14-8-10-17(11-9-14)21(18,19)20-13-12-15(2)16-6-4-3-5-7-16/h3-11,15H,12-13H2,1-2H3. The monoisotopic (exact) mass is 304 g/mol. The molecule has 0 heterocycles. The molecule has 0 amide bonds. The molecule has 0 fully saturated rings. The Morgan fingerprint density at radius 2 is 1.62 bits per heavy atom. The Morgan fingerprint density at radius 3 is 2.24 bits per heavy atom. The van der Waals surface area contributed by atoms with E-state index in [0.717, 1.165) is 5.56 Å². The summed E-state index contributed by atoms with van der Waals surface area (Å²) in [5.41, 5.74) is 2.21. The van der Waals surface area contributed by atoms with Crippen molar-refractivity contribution in [3.05, 3.63) is 65.7 Å². The quantitative estimate of drug-likeness (QED) is 0.760. The van der Waals surface area contributed by atoms with Crippen LogP contribution in [0, 0.1) is 6.92 Å². The first-order chi connectivity index (χ1) is 9.99. The maximum atomic E-state index is 12.0. The fourth-order valence-corrected chi connectivity index (χ4v) is 2.98. The molecule has 1 unspecified atom stereocenters. The summed E-state index contributed by atoms with van der Waals surface area (Å²) in [5.74, 6) is 0.263. The van der Waals surface area contributed by atoms with Crippen LogP contribution in [0.15, 0.2) is 59.5 Å². The van der Waals surface area contributed by atoms with Crippen molar-refractivity contribution in [3.63, 3.8) is 0 Å². The van der Waals surface area contributed by atoms with E-state index >= 15 is 0 Å². The summed E-state index contributed by atoms with van der Waals surface area (Å²) in [5, 5.41) is 0. The van der Waals surface area contributed by atoms with E-state index in [0.29, 0.717) is 6.42 Å². The summed E-state index contributed by atoms with van der Waals surface area (Å²) in [6.07, 6.45) is 0.662. The van der Waals surface area contributed by atoms with Gasteiger partial charge in [0.1, 0.15) is 0 Å². The van der Waals surface area contributed by atoms with Crippen molar-refractivity contribution in [2.24, 2.45) is 0 Å². The molecule has 0 aliphatic rings. The lowest BCUT2D eigenvalue weighted by molar-refractivity contribution is 0.303. The summed E-state index contributed by atoms with van der Waals surface area (Å²) in [6, 6.07) is 16.7. The van der Waals surface area contributed by atoms with Gasteiger partial charge in [-0.2, -0.15) is 8.42 Å². The van der Waals surface area contributed by atoms with Gasteiger partial charge in [-0.05, 0) is 37.0 Å². The fraction of sp³-hybridized carbons (Fsp3) is 0.294. The second-order valence-electron chi connectivity index (χ2n) is 5.19. The second-order valence-corrected chi connectivity index (χ2v) is 6.80. The highest BCUT2D eigenvalue weighted by molar-refractivity contribution is 7.86. The molecule has 3 nitrogen and oxygen atoms in total. The van der Waals surface area contributed by atoms with Crippen LogP contribution in [0.1, 0.15) is 30.4 Å². The largest absolute Gasteiger partial charge is 0.296 e. The minimum atomic E-state index is -3.65.